The summed E-state index contributed by atoms with van der Waals surface area (Å²) < 4.78 is 42.3. The van der Waals surface area contributed by atoms with Crippen LogP contribution in [0.4, 0.5) is 0 Å². The second-order valence-electron chi connectivity index (χ2n) is 23.3. The Hall–Kier alpha value is -0.800. The molecule has 0 N–H and O–H groups in total. The van der Waals surface area contributed by atoms with E-state index in [0.29, 0.717) is 0 Å². The van der Waals surface area contributed by atoms with Crippen LogP contribution in [0.3, 0.4) is 0 Å². The number of allylic oxidation sites excluding steroid dienone is 2. The molecule has 0 aromatic rings. The molecule has 0 fully saturated rings. The van der Waals surface area contributed by atoms with Gasteiger partial charge >= 0.3 is 0 Å². The largest absolute Gasteiger partial charge is 0.353 e. The minimum atomic E-state index is -0.388. The quantitative estimate of drug-likeness (QED) is 0.0342. The molecule has 0 saturated heterocycles. The monoisotopic (exact) mass is 1090 g/mol. The summed E-state index contributed by atoms with van der Waals surface area (Å²) in [6.45, 7) is 12.6. The van der Waals surface area contributed by atoms with E-state index in [4.69, 9.17) is 33.2 Å². The van der Waals surface area contributed by atoms with Crippen molar-refractivity contribution in [1.82, 2.24) is 0 Å². The molecule has 77 heavy (non-hydrogen) atoms. The lowest BCUT2D eigenvalue weighted by atomic mass is 10.0. The van der Waals surface area contributed by atoms with E-state index in [1.54, 1.807) is 14.2 Å². The molecular weight excluding hydrogens is 953 g/mol. The highest BCUT2D eigenvalue weighted by Crippen LogP contribution is 2.19. The summed E-state index contributed by atoms with van der Waals surface area (Å²) in [6, 6.07) is 0. The molecule has 460 valence electrons. The smallest absolute Gasteiger partial charge is 0.179 e. The van der Waals surface area contributed by atoms with Gasteiger partial charge in [0.2, 0.25) is 0 Å². The van der Waals surface area contributed by atoms with E-state index in [1.165, 1.54) is 308 Å². The van der Waals surface area contributed by atoms with Gasteiger partial charge in [-0.25, -0.2) is 0 Å². The Kier molecular flexibility index (Phi) is 67.0. The van der Waals surface area contributed by atoms with Gasteiger partial charge in [-0.1, -0.05) is 297 Å². The molecule has 0 saturated carbocycles. The summed E-state index contributed by atoms with van der Waals surface area (Å²) in [7, 11) is 3.42. The van der Waals surface area contributed by atoms with E-state index in [0.717, 1.165) is 52.1 Å². The summed E-state index contributed by atoms with van der Waals surface area (Å²) in [5, 5.41) is 0. The third kappa shape index (κ3) is 61.1. The molecule has 0 heterocycles. The Morgan fingerprint density at radius 3 is 0.688 bits per heavy atom. The summed E-state index contributed by atoms with van der Waals surface area (Å²) in [5.41, 5.74) is 0. The average Bonchev–Trinajstić information content (AvgIpc) is 3.44. The maximum Gasteiger partial charge on any atom is 0.179 e. The number of methoxy groups -OCH3 is 2. The van der Waals surface area contributed by atoms with Gasteiger partial charge in [0.25, 0.3) is 0 Å². The van der Waals surface area contributed by atoms with Crippen molar-refractivity contribution in [3.8, 4) is 0 Å². The fraction of sp³-hybridized carbons (Fsp3) is 0.943. The minimum Gasteiger partial charge on any atom is -0.353 e. The van der Waals surface area contributed by atoms with Crippen LogP contribution in [0.2, 0.25) is 0 Å². The molecule has 0 aliphatic heterocycles. The summed E-state index contributed by atoms with van der Waals surface area (Å²) in [6.07, 6.45) is 75.5. The molecule has 0 amide bonds. The molecule has 2 unspecified atom stereocenters. The Balaban J connectivity index is 3.92. The molecule has 0 spiro atoms. The van der Waals surface area contributed by atoms with Gasteiger partial charge in [0, 0.05) is 40.6 Å². The first-order chi connectivity index (χ1) is 38.1. The van der Waals surface area contributed by atoms with Gasteiger partial charge in [-0.2, -0.15) is 0 Å². The molecule has 7 nitrogen and oxygen atoms in total. The third-order valence-corrected chi connectivity index (χ3v) is 15.6. The molecule has 0 aromatic carbocycles. The SMILES string of the molecule is CCCCCCCCOC(CCCCCCCCCCCCCCC=CC(OC)OC(C=CCCCCCCCCCCCCCCC(OCCCCCCCC)OCCCCCCCC)OC)OCCCCCCCC. The minimum absolute atomic E-state index is 0.00777. The number of unbranched alkanes of at least 4 members (excludes halogenated alkanes) is 44. The maximum atomic E-state index is 6.26. The van der Waals surface area contributed by atoms with Crippen molar-refractivity contribution < 1.29 is 33.2 Å². The van der Waals surface area contributed by atoms with Crippen LogP contribution in [-0.2, 0) is 33.2 Å². The molecule has 0 aromatic heterocycles. The van der Waals surface area contributed by atoms with Gasteiger partial charge in [-0.05, 0) is 89.2 Å². The van der Waals surface area contributed by atoms with Crippen LogP contribution >= 0.6 is 0 Å². The lowest BCUT2D eigenvalue weighted by Crippen LogP contribution is -2.22. The number of rotatable bonds is 68. The second-order valence-corrected chi connectivity index (χ2v) is 23.3. The van der Waals surface area contributed by atoms with Crippen molar-refractivity contribution in [2.75, 3.05) is 40.6 Å². The van der Waals surface area contributed by atoms with Gasteiger partial charge < -0.3 is 33.2 Å². The fourth-order valence-electron chi connectivity index (χ4n) is 10.4. The molecule has 0 aliphatic rings. The predicted octanol–water partition coefficient (Wildman–Crippen LogP) is 23.1. The summed E-state index contributed by atoms with van der Waals surface area (Å²) in [5.74, 6) is 0. The van der Waals surface area contributed by atoms with E-state index in [9.17, 15) is 0 Å². The Morgan fingerprint density at radius 2 is 0.455 bits per heavy atom. The zero-order chi connectivity index (χ0) is 55.7. The second kappa shape index (κ2) is 67.7. The molecule has 0 aliphatic carbocycles. The number of hydrogen-bond donors (Lipinski definition) is 0. The Labute approximate surface area is 482 Å². The zero-order valence-electron chi connectivity index (χ0n) is 53.1. The van der Waals surface area contributed by atoms with Crippen molar-refractivity contribution in [1.29, 1.82) is 0 Å². The lowest BCUT2D eigenvalue weighted by Gasteiger charge is -2.19. The predicted molar refractivity (Wildman–Crippen MR) is 335 cm³/mol. The van der Waals surface area contributed by atoms with Crippen molar-refractivity contribution in [2.24, 2.45) is 0 Å². The molecular formula is C70H138O7. The van der Waals surface area contributed by atoms with Crippen molar-refractivity contribution in [3.63, 3.8) is 0 Å². The Bertz CT molecular complexity index is 995. The average molecular weight is 1090 g/mol. The van der Waals surface area contributed by atoms with Crippen molar-refractivity contribution in [2.45, 2.75) is 387 Å². The van der Waals surface area contributed by atoms with E-state index in [-0.39, 0.29) is 25.2 Å². The number of ether oxygens (including phenoxy) is 7. The topological polar surface area (TPSA) is 64.6 Å². The molecule has 7 heteroatoms. The van der Waals surface area contributed by atoms with E-state index >= 15 is 0 Å². The van der Waals surface area contributed by atoms with Gasteiger partial charge in [-0.3, -0.25) is 0 Å². The zero-order valence-corrected chi connectivity index (χ0v) is 53.1. The number of hydrogen-bond acceptors (Lipinski definition) is 7. The van der Waals surface area contributed by atoms with Gasteiger partial charge in [0.05, 0.1) is 0 Å². The normalized spacial score (nSPS) is 13.0. The molecule has 0 rings (SSSR count). The van der Waals surface area contributed by atoms with E-state index < -0.39 is 0 Å². The molecule has 2 atom stereocenters. The lowest BCUT2D eigenvalue weighted by molar-refractivity contribution is -0.188. The Morgan fingerprint density at radius 1 is 0.247 bits per heavy atom. The van der Waals surface area contributed by atoms with Crippen LogP contribution in [0.25, 0.3) is 0 Å². The third-order valence-electron chi connectivity index (χ3n) is 15.6. The molecule has 0 bridgehead atoms. The first kappa shape index (κ1) is 76.2. The van der Waals surface area contributed by atoms with Crippen LogP contribution in [0.1, 0.15) is 362 Å². The van der Waals surface area contributed by atoms with Crippen LogP contribution in [-0.4, -0.2) is 65.8 Å². The first-order valence-corrected chi connectivity index (χ1v) is 34.7. The van der Waals surface area contributed by atoms with Gasteiger partial charge in [-0.15, -0.1) is 0 Å². The van der Waals surface area contributed by atoms with Crippen molar-refractivity contribution >= 4 is 0 Å². The van der Waals surface area contributed by atoms with E-state index in [1.807, 2.05) is 12.2 Å². The highest BCUT2D eigenvalue weighted by Gasteiger charge is 2.13. The standard InChI is InChI=1S/C70H138O7/c1-7-11-15-19-47-55-63-73-69(74-64-56-48-20-16-12-8-2)61-53-45-41-37-33-29-25-23-27-31-35-39-43-51-59-67(71-5)77-68(72-6)60-52-44-40-36-32-28-24-26-30-34-38-42-46-54-62-70(75-65-57-49-21-17-13-9-3)76-66-58-50-22-18-14-10-4/h51-52,59-60,67-70H,7-50,53-58,61-66H2,1-6H3. The maximum absolute atomic E-state index is 6.26. The van der Waals surface area contributed by atoms with Crippen LogP contribution in [0.15, 0.2) is 24.3 Å². The molecule has 0 radical (unpaired) electrons. The fourth-order valence-corrected chi connectivity index (χ4v) is 10.4. The van der Waals surface area contributed by atoms with Crippen LogP contribution < -0.4 is 0 Å². The van der Waals surface area contributed by atoms with Gasteiger partial charge in [0.1, 0.15) is 0 Å². The highest BCUT2D eigenvalue weighted by molar-refractivity contribution is 4.89. The van der Waals surface area contributed by atoms with Crippen molar-refractivity contribution in [3.05, 3.63) is 24.3 Å². The van der Waals surface area contributed by atoms with E-state index in [2.05, 4.69) is 39.8 Å². The highest BCUT2D eigenvalue weighted by atomic mass is 16.8. The first-order valence-electron chi connectivity index (χ1n) is 34.7. The van der Waals surface area contributed by atoms with Gasteiger partial charge in [0.15, 0.2) is 25.2 Å². The summed E-state index contributed by atoms with van der Waals surface area (Å²) in [4.78, 5) is 0. The van der Waals surface area contributed by atoms with Crippen LogP contribution in [0.5, 0.6) is 0 Å². The summed E-state index contributed by atoms with van der Waals surface area (Å²) >= 11 is 0. The van der Waals surface area contributed by atoms with Crippen LogP contribution in [0, 0.1) is 0 Å².